The molecule has 2 heterocycles. The molecule has 3 aromatic rings. The van der Waals surface area contributed by atoms with Crippen LogP contribution in [0.3, 0.4) is 0 Å². The predicted molar refractivity (Wildman–Crippen MR) is 137 cm³/mol. The Morgan fingerprint density at radius 3 is 2.44 bits per heavy atom. The first kappa shape index (κ1) is 25.6. The second-order valence-electron chi connectivity index (χ2n) is 8.57. The number of hydrogen-bond donors (Lipinski definition) is 1. The highest BCUT2D eigenvalue weighted by Crippen LogP contribution is 2.24. The summed E-state index contributed by atoms with van der Waals surface area (Å²) in [5.41, 5.74) is 1.20. The highest BCUT2D eigenvalue weighted by atomic mass is 35.5. The molecule has 9 heteroatoms. The van der Waals surface area contributed by atoms with Crippen LogP contribution in [0.2, 0.25) is 5.02 Å². The van der Waals surface area contributed by atoms with Crippen molar-refractivity contribution in [1.82, 2.24) is 20.1 Å². The summed E-state index contributed by atoms with van der Waals surface area (Å²) in [6.45, 7) is 3.12. The van der Waals surface area contributed by atoms with Gasteiger partial charge in [-0.05, 0) is 49.0 Å². The summed E-state index contributed by atoms with van der Waals surface area (Å²) in [6, 6.07) is 18.8. The molecule has 0 bridgehead atoms. The topological polar surface area (TPSA) is 84.0 Å². The first-order chi connectivity index (χ1) is 17.5. The average molecular weight is 509 g/mol. The molecule has 1 saturated heterocycles. The van der Waals surface area contributed by atoms with Gasteiger partial charge in [-0.25, -0.2) is 4.98 Å². The summed E-state index contributed by atoms with van der Waals surface area (Å²) in [5, 5.41) is 3.42. The van der Waals surface area contributed by atoms with Crippen molar-refractivity contribution in [3.63, 3.8) is 0 Å². The summed E-state index contributed by atoms with van der Waals surface area (Å²) >= 11 is 5.95. The van der Waals surface area contributed by atoms with Crippen LogP contribution in [0.5, 0.6) is 11.6 Å². The molecule has 8 nitrogen and oxygen atoms in total. The van der Waals surface area contributed by atoms with E-state index in [0.717, 1.165) is 18.7 Å². The fourth-order valence-corrected chi connectivity index (χ4v) is 3.91. The number of carbonyl (C=O) groups excluding carboxylic acids is 2. The number of rotatable bonds is 9. The average Bonchev–Trinajstić information content (AvgIpc) is 2.90. The number of piperazine rings is 1. The number of nitrogens with zero attached hydrogens (tertiary/aromatic N) is 3. The van der Waals surface area contributed by atoms with Crippen LogP contribution in [0, 0.1) is 0 Å². The molecule has 1 aliphatic rings. The van der Waals surface area contributed by atoms with E-state index in [0.29, 0.717) is 30.5 Å². The molecule has 1 fully saturated rings. The van der Waals surface area contributed by atoms with Crippen molar-refractivity contribution >= 4 is 23.4 Å². The van der Waals surface area contributed by atoms with Gasteiger partial charge in [-0.3, -0.25) is 9.59 Å². The predicted octanol–water partition coefficient (Wildman–Crippen LogP) is 3.62. The lowest BCUT2D eigenvalue weighted by Crippen LogP contribution is -2.55. The zero-order valence-corrected chi connectivity index (χ0v) is 20.9. The third kappa shape index (κ3) is 7.04. The van der Waals surface area contributed by atoms with Gasteiger partial charge >= 0.3 is 0 Å². The summed E-state index contributed by atoms with van der Waals surface area (Å²) in [4.78, 5) is 34.8. The van der Waals surface area contributed by atoms with Crippen LogP contribution >= 0.6 is 11.6 Å². The first-order valence-corrected chi connectivity index (χ1v) is 12.2. The third-order valence-electron chi connectivity index (χ3n) is 5.86. The molecule has 0 aliphatic carbocycles. The zero-order valence-electron chi connectivity index (χ0n) is 20.1. The SMILES string of the molecule is CN1CCN(C(=O)C(COCc2ccccc2)NC(=O)c2cccnc2Oc2ccc(Cl)cc2)CC1. The van der Waals surface area contributed by atoms with Gasteiger partial charge in [0.25, 0.3) is 5.91 Å². The van der Waals surface area contributed by atoms with E-state index in [-0.39, 0.29) is 24.0 Å². The number of benzene rings is 2. The van der Waals surface area contributed by atoms with E-state index in [1.165, 1.54) is 6.20 Å². The van der Waals surface area contributed by atoms with E-state index in [2.05, 4.69) is 15.2 Å². The van der Waals surface area contributed by atoms with Crippen molar-refractivity contribution in [2.75, 3.05) is 39.8 Å². The number of halogens is 1. The van der Waals surface area contributed by atoms with Gasteiger partial charge in [0, 0.05) is 37.4 Å². The van der Waals surface area contributed by atoms with Crippen LogP contribution in [-0.4, -0.2) is 72.5 Å². The van der Waals surface area contributed by atoms with Crippen molar-refractivity contribution < 1.29 is 19.1 Å². The quantitative estimate of drug-likeness (QED) is 0.475. The minimum absolute atomic E-state index is 0.0411. The molecule has 0 saturated carbocycles. The normalized spacial score (nSPS) is 14.8. The smallest absolute Gasteiger partial charge is 0.257 e. The Morgan fingerprint density at radius 1 is 1.00 bits per heavy atom. The molecule has 2 aromatic carbocycles. The second-order valence-corrected chi connectivity index (χ2v) is 9.00. The molecule has 0 spiro atoms. The highest BCUT2D eigenvalue weighted by molar-refractivity contribution is 6.30. The van der Waals surface area contributed by atoms with Gasteiger partial charge in [0.2, 0.25) is 11.8 Å². The van der Waals surface area contributed by atoms with Gasteiger partial charge in [0.05, 0.1) is 13.2 Å². The monoisotopic (exact) mass is 508 g/mol. The van der Waals surface area contributed by atoms with Crippen LogP contribution in [-0.2, 0) is 16.1 Å². The molecule has 188 valence electrons. The van der Waals surface area contributed by atoms with Gasteiger partial charge in [0.1, 0.15) is 17.4 Å². The standard InChI is InChI=1S/C27H29ClN4O4/c1-31-14-16-32(17-15-31)27(34)24(19-35-18-20-6-3-2-4-7-20)30-25(33)23-8-5-13-29-26(23)36-22-11-9-21(28)10-12-22/h2-13,24H,14-19H2,1H3,(H,30,33). The van der Waals surface area contributed by atoms with Gasteiger partial charge in [0.15, 0.2) is 0 Å². The van der Waals surface area contributed by atoms with Crippen molar-refractivity contribution in [2.45, 2.75) is 12.6 Å². The van der Waals surface area contributed by atoms with E-state index in [9.17, 15) is 9.59 Å². The molecule has 36 heavy (non-hydrogen) atoms. The van der Waals surface area contributed by atoms with Gasteiger partial charge in [-0.1, -0.05) is 41.9 Å². The Bertz CT molecular complexity index is 1150. The van der Waals surface area contributed by atoms with Crippen LogP contribution in [0.4, 0.5) is 0 Å². The van der Waals surface area contributed by atoms with E-state index < -0.39 is 11.9 Å². The molecular formula is C27H29ClN4O4. The molecule has 2 amide bonds. The number of nitrogens with one attached hydrogen (secondary N) is 1. The summed E-state index contributed by atoms with van der Waals surface area (Å²) in [5.74, 6) is -0.0202. The minimum atomic E-state index is -0.854. The molecule has 1 aliphatic heterocycles. The fourth-order valence-electron chi connectivity index (χ4n) is 3.79. The molecule has 1 aromatic heterocycles. The lowest BCUT2D eigenvalue weighted by atomic mass is 10.2. The van der Waals surface area contributed by atoms with E-state index in [1.807, 2.05) is 37.4 Å². The van der Waals surface area contributed by atoms with Crippen LogP contribution in [0.15, 0.2) is 72.9 Å². The summed E-state index contributed by atoms with van der Waals surface area (Å²) < 4.78 is 11.7. The van der Waals surface area contributed by atoms with Gasteiger partial charge in [-0.2, -0.15) is 0 Å². The first-order valence-electron chi connectivity index (χ1n) is 11.8. The summed E-state index contributed by atoms with van der Waals surface area (Å²) in [7, 11) is 2.02. The number of likely N-dealkylation sites (N-methyl/N-ethyl adjacent to an activating group) is 1. The third-order valence-corrected chi connectivity index (χ3v) is 6.11. The number of ether oxygens (including phenoxy) is 2. The van der Waals surface area contributed by atoms with Gasteiger partial charge in [-0.15, -0.1) is 0 Å². The molecule has 1 unspecified atom stereocenters. The van der Waals surface area contributed by atoms with Crippen molar-refractivity contribution in [3.05, 3.63) is 89.1 Å². The highest BCUT2D eigenvalue weighted by Gasteiger charge is 2.29. The Morgan fingerprint density at radius 2 is 1.72 bits per heavy atom. The Kier molecular flexibility index (Phi) is 8.89. The largest absolute Gasteiger partial charge is 0.438 e. The lowest BCUT2D eigenvalue weighted by molar-refractivity contribution is -0.136. The Hall–Kier alpha value is -3.46. The molecule has 1 N–H and O–H groups in total. The molecular weight excluding hydrogens is 480 g/mol. The van der Waals surface area contributed by atoms with Crippen LogP contribution < -0.4 is 10.1 Å². The minimum Gasteiger partial charge on any atom is -0.438 e. The number of pyridine rings is 1. The maximum atomic E-state index is 13.4. The fraction of sp³-hybridized carbons (Fsp3) is 0.296. The second kappa shape index (κ2) is 12.5. The zero-order chi connectivity index (χ0) is 25.3. The van der Waals surface area contributed by atoms with Crippen LogP contribution in [0.25, 0.3) is 0 Å². The lowest BCUT2D eigenvalue weighted by Gasteiger charge is -2.34. The van der Waals surface area contributed by atoms with E-state index >= 15 is 0 Å². The number of carbonyl (C=O) groups is 2. The number of amides is 2. The van der Waals surface area contributed by atoms with Crippen molar-refractivity contribution in [3.8, 4) is 11.6 Å². The Labute approximate surface area is 215 Å². The molecule has 4 rings (SSSR count). The molecule has 0 radical (unpaired) electrons. The van der Waals surface area contributed by atoms with Gasteiger partial charge < -0.3 is 24.6 Å². The maximum absolute atomic E-state index is 13.4. The maximum Gasteiger partial charge on any atom is 0.257 e. The van der Waals surface area contributed by atoms with E-state index in [1.54, 1.807) is 41.3 Å². The van der Waals surface area contributed by atoms with Crippen molar-refractivity contribution in [1.29, 1.82) is 0 Å². The number of hydrogen-bond acceptors (Lipinski definition) is 6. The van der Waals surface area contributed by atoms with E-state index in [4.69, 9.17) is 21.1 Å². The van der Waals surface area contributed by atoms with Crippen molar-refractivity contribution in [2.24, 2.45) is 0 Å². The number of aromatic nitrogens is 1. The van der Waals surface area contributed by atoms with Crippen LogP contribution in [0.1, 0.15) is 15.9 Å². The molecule has 1 atom stereocenters. The summed E-state index contributed by atoms with van der Waals surface area (Å²) in [6.07, 6.45) is 1.54. The Balaban J connectivity index is 1.48.